The number of rotatable bonds is 0. The Labute approximate surface area is 152 Å². The molecule has 1 aliphatic rings. The first-order chi connectivity index (χ1) is 9.09. The minimum atomic E-state index is 0. The molecule has 1 aliphatic carbocycles. The summed E-state index contributed by atoms with van der Waals surface area (Å²) in [6.45, 7) is 6.23. The van der Waals surface area contributed by atoms with Gasteiger partial charge in [-0.2, -0.15) is 23.6 Å². The van der Waals surface area contributed by atoms with Gasteiger partial charge in [-0.25, -0.2) is 11.6 Å². The van der Waals surface area contributed by atoms with E-state index in [9.17, 15) is 0 Å². The van der Waals surface area contributed by atoms with Crippen LogP contribution in [0.4, 0.5) is 0 Å². The number of halogens is 2. The molecule has 0 fully saturated rings. The van der Waals surface area contributed by atoms with E-state index in [1.807, 2.05) is 0 Å². The van der Waals surface area contributed by atoms with Gasteiger partial charge in [0.2, 0.25) is 0 Å². The molecule has 0 bridgehead atoms. The fraction of sp³-hybridized carbons (Fsp3) is 0.222. The molecule has 0 aliphatic heterocycles. The maximum Gasteiger partial charge on any atom is -0.0809 e. The second kappa shape index (κ2) is 13.2. The van der Waals surface area contributed by atoms with E-state index in [1.54, 1.807) is 0 Å². The van der Waals surface area contributed by atoms with E-state index in [1.165, 1.54) is 20.2 Å². The summed E-state index contributed by atoms with van der Waals surface area (Å²) in [5.74, 6) is 0. The molecule has 112 valence electrons. The summed E-state index contributed by atoms with van der Waals surface area (Å²) in [6.07, 6.45) is 8.33. The van der Waals surface area contributed by atoms with Gasteiger partial charge in [0.05, 0.1) is 0 Å². The van der Waals surface area contributed by atoms with Crippen LogP contribution in [0.15, 0.2) is 60.2 Å². The van der Waals surface area contributed by atoms with E-state index in [4.69, 9.17) is 0 Å². The number of allylic oxidation sites excluding steroid dienone is 4. The van der Waals surface area contributed by atoms with Gasteiger partial charge >= 0.3 is 37.6 Å². The van der Waals surface area contributed by atoms with Gasteiger partial charge in [-0.3, -0.25) is 6.08 Å². The van der Waals surface area contributed by atoms with Crippen molar-refractivity contribution in [3.8, 4) is 0 Å². The van der Waals surface area contributed by atoms with Crippen LogP contribution in [-0.4, -0.2) is 3.81 Å². The molecule has 0 heterocycles. The number of benzene rings is 1. The second-order valence-electron chi connectivity index (χ2n) is 4.62. The summed E-state index contributed by atoms with van der Waals surface area (Å²) < 4.78 is 1.42. The van der Waals surface area contributed by atoms with Crippen LogP contribution in [0.3, 0.4) is 0 Å². The molecule has 2 aromatic carbocycles. The van der Waals surface area contributed by atoms with Crippen molar-refractivity contribution in [2.75, 3.05) is 0 Å². The molecule has 21 heavy (non-hydrogen) atoms. The Morgan fingerprint density at radius 1 is 1.14 bits per heavy atom. The SMILES string of the molecule is CC1=[C-]CC=C1.C[C](C)=[Ti+2].[Cl-].[Cl-].c1ccc2[cH-]ccc2c1. The Hall–Kier alpha value is -0.526. The van der Waals surface area contributed by atoms with Gasteiger partial charge in [0.25, 0.3) is 0 Å². The maximum absolute atomic E-state index is 3.12. The monoisotopic (exact) mass is 354 g/mol. The number of hydrogen-bond donors (Lipinski definition) is 0. The summed E-state index contributed by atoms with van der Waals surface area (Å²) in [7, 11) is 0. The Morgan fingerprint density at radius 2 is 1.76 bits per heavy atom. The maximum atomic E-state index is 3.12. The first kappa shape index (κ1) is 22.8. The molecule has 3 heteroatoms. The minimum Gasteiger partial charge on any atom is -1.00 e. The van der Waals surface area contributed by atoms with Crippen molar-refractivity contribution in [1.29, 1.82) is 0 Å². The zero-order valence-electron chi connectivity index (χ0n) is 12.7. The second-order valence-corrected chi connectivity index (χ2v) is 6.18. The predicted octanol–water partition coefficient (Wildman–Crippen LogP) is -0.992. The molecule has 0 aromatic heterocycles. The third-order valence-corrected chi connectivity index (χ3v) is 2.41. The molecule has 0 N–H and O–H groups in total. The fourth-order valence-corrected chi connectivity index (χ4v) is 1.58. The summed E-state index contributed by atoms with van der Waals surface area (Å²) in [6, 6.07) is 14.7. The first-order valence-electron chi connectivity index (χ1n) is 6.46. The van der Waals surface area contributed by atoms with Crippen molar-refractivity contribution in [3.05, 3.63) is 66.3 Å². The molecule has 0 radical (unpaired) electrons. The summed E-state index contributed by atoms with van der Waals surface area (Å²) in [5, 5.41) is 2.66. The topological polar surface area (TPSA) is 0 Å². The number of fused-ring (bicyclic) bond motifs is 1. The summed E-state index contributed by atoms with van der Waals surface area (Å²) in [5.41, 5.74) is 1.27. The Bertz CT molecular complexity index is 543. The molecule has 3 rings (SSSR count). The average molecular weight is 355 g/mol. The van der Waals surface area contributed by atoms with Gasteiger partial charge in [0, 0.05) is 0 Å². The van der Waals surface area contributed by atoms with Crippen LogP contribution >= 0.6 is 0 Å². The molecule has 0 amide bonds. The van der Waals surface area contributed by atoms with Crippen LogP contribution in [0.5, 0.6) is 0 Å². The average Bonchev–Trinajstić information content (AvgIpc) is 2.99. The molecule has 0 nitrogen and oxygen atoms in total. The van der Waals surface area contributed by atoms with Crippen LogP contribution in [0, 0.1) is 6.08 Å². The molecule has 2 aromatic rings. The van der Waals surface area contributed by atoms with E-state index in [2.05, 4.69) is 101 Å². The predicted molar refractivity (Wildman–Crippen MR) is 82.1 cm³/mol. The molecule has 0 unspecified atom stereocenters. The number of hydrogen-bond acceptors (Lipinski definition) is 0. The van der Waals surface area contributed by atoms with Crippen molar-refractivity contribution in [2.24, 2.45) is 0 Å². The Morgan fingerprint density at radius 3 is 2.19 bits per heavy atom. The summed E-state index contributed by atoms with van der Waals surface area (Å²) in [4.78, 5) is 0. The molecule has 0 spiro atoms. The van der Waals surface area contributed by atoms with E-state index < -0.39 is 0 Å². The third kappa shape index (κ3) is 10.8. The largest absolute Gasteiger partial charge is 1.00 e. The van der Waals surface area contributed by atoms with Gasteiger partial charge in [-0.1, -0.05) is 13.0 Å². The van der Waals surface area contributed by atoms with E-state index in [-0.39, 0.29) is 24.8 Å². The summed E-state index contributed by atoms with van der Waals surface area (Å²) >= 11 is 2.08. The van der Waals surface area contributed by atoms with Crippen LogP contribution < -0.4 is 24.8 Å². The molecular formula is C18H20Cl2Ti-2. The zero-order valence-corrected chi connectivity index (χ0v) is 15.7. The van der Waals surface area contributed by atoms with Crippen molar-refractivity contribution in [3.63, 3.8) is 0 Å². The van der Waals surface area contributed by atoms with E-state index >= 15 is 0 Å². The first-order valence-corrected chi connectivity index (χ1v) is 7.24. The van der Waals surface area contributed by atoms with E-state index in [0.29, 0.717) is 0 Å². The Kier molecular flexibility index (Phi) is 14.3. The quantitative estimate of drug-likeness (QED) is 0.421. The third-order valence-electron chi connectivity index (χ3n) is 2.41. The minimum absolute atomic E-state index is 0. The van der Waals surface area contributed by atoms with Crippen molar-refractivity contribution in [1.82, 2.24) is 0 Å². The fourth-order valence-electron chi connectivity index (χ4n) is 1.58. The Balaban J connectivity index is 0. The van der Waals surface area contributed by atoms with Crippen molar-refractivity contribution >= 4 is 14.6 Å². The van der Waals surface area contributed by atoms with Gasteiger partial charge < -0.3 is 24.8 Å². The smallest absolute Gasteiger partial charge is 0.0809 e. The zero-order chi connectivity index (χ0) is 14.1. The normalized spacial score (nSPS) is 11.0. The van der Waals surface area contributed by atoms with Gasteiger partial charge in [0.1, 0.15) is 0 Å². The molecule has 0 saturated carbocycles. The van der Waals surface area contributed by atoms with Crippen LogP contribution in [0.1, 0.15) is 27.2 Å². The van der Waals surface area contributed by atoms with Crippen LogP contribution in [0.2, 0.25) is 0 Å². The van der Waals surface area contributed by atoms with Gasteiger partial charge in [-0.15, -0.1) is 36.1 Å². The van der Waals surface area contributed by atoms with Gasteiger partial charge in [0.15, 0.2) is 0 Å². The standard InChI is InChI=1S/C9H7.C6H7.C3H6.2ClH.Ti/c1-2-5-9-7-3-6-8(9)4-1;1-6-4-2-3-5-6;1-3-2;;;/h1-7H;2,4H,3H2,1H3;1-2H3;2*1H;/q2*-1;;;;+2/p-2. The van der Waals surface area contributed by atoms with Crippen LogP contribution in [-0.2, 0) is 20.0 Å². The molecular weight excluding hydrogens is 335 g/mol. The van der Waals surface area contributed by atoms with Crippen LogP contribution in [0.25, 0.3) is 10.8 Å². The van der Waals surface area contributed by atoms with Crippen molar-refractivity contribution < 1.29 is 44.8 Å². The van der Waals surface area contributed by atoms with E-state index in [0.717, 1.165) is 6.42 Å². The van der Waals surface area contributed by atoms with Gasteiger partial charge in [-0.05, 0) is 0 Å². The van der Waals surface area contributed by atoms with Crippen molar-refractivity contribution in [2.45, 2.75) is 27.2 Å². The molecule has 0 saturated heterocycles. The molecule has 0 atom stereocenters.